The van der Waals surface area contributed by atoms with Gasteiger partial charge < -0.3 is 10.3 Å². The van der Waals surface area contributed by atoms with Crippen molar-refractivity contribution in [3.8, 4) is 22.5 Å². The van der Waals surface area contributed by atoms with Crippen molar-refractivity contribution in [1.82, 2.24) is 5.16 Å². The largest absolute Gasteiger partial charge is 0.380 e. The Labute approximate surface area is 132 Å². The smallest absolute Gasteiger partial charge is 0.176 e. The molecule has 0 aliphatic heterocycles. The lowest BCUT2D eigenvalue weighted by atomic mass is 9.98. The van der Waals surface area contributed by atoms with Crippen LogP contribution in [-0.4, -0.2) is 5.16 Å². The number of aryl methyl sites for hydroxylation is 1. The highest BCUT2D eigenvalue weighted by atomic mass is 35.5. The zero-order valence-electron chi connectivity index (χ0n) is 11.2. The van der Waals surface area contributed by atoms with E-state index in [0.29, 0.717) is 21.6 Å². The summed E-state index contributed by atoms with van der Waals surface area (Å²) < 4.78 is 5.41. The Morgan fingerprint density at radius 1 is 1.05 bits per heavy atom. The minimum absolute atomic E-state index is 0.352. The third-order valence-electron chi connectivity index (χ3n) is 3.31. The number of nitrogens with two attached hydrogens (primary N) is 1. The molecule has 0 amide bonds. The van der Waals surface area contributed by atoms with E-state index < -0.39 is 0 Å². The van der Waals surface area contributed by atoms with Crippen LogP contribution >= 0.6 is 23.2 Å². The highest BCUT2D eigenvalue weighted by molar-refractivity contribution is 6.42. The van der Waals surface area contributed by atoms with Gasteiger partial charge in [-0.25, -0.2) is 0 Å². The second kappa shape index (κ2) is 5.43. The number of rotatable bonds is 2. The van der Waals surface area contributed by atoms with Gasteiger partial charge in [0.05, 0.1) is 15.6 Å². The molecule has 0 atom stereocenters. The first kappa shape index (κ1) is 14.0. The summed E-state index contributed by atoms with van der Waals surface area (Å²) in [5.41, 5.74) is 9.61. The first-order valence-corrected chi connectivity index (χ1v) is 7.10. The fourth-order valence-corrected chi connectivity index (χ4v) is 2.55. The van der Waals surface area contributed by atoms with E-state index in [2.05, 4.69) is 5.16 Å². The summed E-state index contributed by atoms with van der Waals surface area (Å²) in [6.45, 7) is 2.01. The summed E-state index contributed by atoms with van der Waals surface area (Å²) >= 11 is 12.0. The molecule has 3 rings (SSSR count). The normalized spacial score (nSPS) is 10.8. The Balaban J connectivity index is 2.22. The van der Waals surface area contributed by atoms with E-state index in [-0.39, 0.29) is 0 Å². The molecule has 0 aliphatic carbocycles. The second-order valence-corrected chi connectivity index (χ2v) is 5.53. The van der Waals surface area contributed by atoms with E-state index in [9.17, 15) is 0 Å². The molecule has 0 aliphatic rings. The molecule has 0 saturated carbocycles. The van der Waals surface area contributed by atoms with Crippen molar-refractivity contribution >= 4 is 29.0 Å². The summed E-state index contributed by atoms with van der Waals surface area (Å²) in [4.78, 5) is 0. The maximum Gasteiger partial charge on any atom is 0.176 e. The topological polar surface area (TPSA) is 52.0 Å². The Morgan fingerprint density at radius 3 is 2.52 bits per heavy atom. The van der Waals surface area contributed by atoms with E-state index >= 15 is 0 Å². The van der Waals surface area contributed by atoms with Gasteiger partial charge >= 0.3 is 0 Å². The number of anilines is 1. The average Bonchev–Trinajstić information content (AvgIpc) is 2.84. The summed E-state index contributed by atoms with van der Waals surface area (Å²) in [7, 11) is 0. The minimum Gasteiger partial charge on any atom is -0.380 e. The first-order chi connectivity index (χ1) is 10.1. The van der Waals surface area contributed by atoms with Crippen molar-refractivity contribution in [2.24, 2.45) is 0 Å². The van der Waals surface area contributed by atoms with Gasteiger partial charge in [0, 0.05) is 5.56 Å². The Bertz CT molecular complexity index is 812. The van der Waals surface area contributed by atoms with Gasteiger partial charge in [-0.1, -0.05) is 52.6 Å². The van der Waals surface area contributed by atoms with Gasteiger partial charge in [0.2, 0.25) is 0 Å². The molecule has 3 nitrogen and oxygen atoms in total. The van der Waals surface area contributed by atoms with Gasteiger partial charge in [-0.05, 0) is 36.2 Å². The van der Waals surface area contributed by atoms with Gasteiger partial charge in [-0.15, -0.1) is 0 Å². The van der Waals surface area contributed by atoms with Crippen LogP contribution in [0.1, 0.15) is 5.56 Å². The van der Waals surface area contributed by atoms with E-state index in [1.54, 1.807) is 12.1 Å². The van der Waals surface area contributed by atoms with Crippen LogP contribution in [0.5, 0.6) is 0 Å². The van der Waals surface area contributed by atoms with Gasteiger partial charge in [-0.2, -0.15) is 0 Å². The van der Waals surface area contributed by atoms with Crippen molar-refractivity contribution in [2.45, 2.75) is 6.92 Å². The number of aromatic nitrogens is 1. The minimum atomic E-state index is 0.352. The number of halogens is 2. The van der Waals surface area contributed by atoms with Crippen LogP contribution in [0.3, 0.4) is 0 Å². The molecule has 5 heteroatoms. The molecule has 0 spiro atoms. The van der Waals surface area contributed by atoms with Crippen LogP contribution in [0.2, 0.25) is 10.0 Å². The van der Waals surface area contributed by atoms with Crippen LogP contribution < -0.4 is 5.73 Å². The monoisotopic (exact) mass is 318 g/mol. The predicted octanol–water partition coefficient (Wildman–Crippen LogP) is 5.21. The molecular formula is C16H12Cl2N2O. The fraction of sp³-hybridized carbons (Fsp3) is 0.0625. The lowest BCUT2D eigenvalue weighted by Gasteiger charge is -2.06. The summed E-state index contributed by atoms with van der Waals surface area (Å²) in [5, 5.41) is 4.84. The molecule has 0 fully saturated rings. The number of nitrogen functional groups attached to an aromatic ring is 1. The summed E-state index contributed by atoms with van der Waals surface area (Å²) in [5.74, 6) is 0.936. The Kier molecular flexibility index (Phi) is 3.62. The standard InChI is InChI=1S/C16H12Cl2N2O/c1-9-4-2-3-5-11(9)14-15(21-20-16(14)19)10-6-7-12(17)13(18)8-10/h2-8H,1H3,(H2,19,20). The molecule has 3 aromatic rings. The molecular weight excluding hydrogens is 307 g/mol. The molecule has 2 N–H and O–H groups in total. The fourth-order valence-electron chi connectivity index (χ4n) is 2.25. The van der Waals surface area contributed by atoms with Crippen molar-refractivity contribution in [3.05, 3.63) is 58.1 Å². The molecule has 1 aromatic heterocycles. The summed E-state index contributed by atoms with van der Waals surface area (Å²) in [6.07, 6.45) is 0. The highest BCUT2D eigenvalue weighted by Gasteiger charge is 2.19. The Morgan fingerprint density at radius 2 is 1.81 bits per heavy atom. The van der Waals surface area contributed by atoms with Crippen molar-refractivity contribution in [2.75, 3.05) is 5.73 Å². The number of benzene rings is 2. The lowest BCUT2D eigenvalue weighted by molar-refractivity contribution is 0.436. The van der Waals surface area contributed by atoms with Gasteiger partial charge in [0.25, 0.3) is 0 Å². The lowest BCUT2D eigenvalue weighted by Crippen LogP contribution is -1.91. The van der Waals surface area contributed by atoms with E-state index in [4.69, 9.17) is 33.5 Å². The van der Waals surface area contributed by atoms with Crippen molar-refractivity contribution < 1.29 is 4.52 Å². The number of hydrogen-bond acceptors (Lipinski definition) is 3. The van der Waals surface area contributed by atoms with E-state index in [1.165, 1.54) is 0 Å². The summed E-state index contributed by atoms with van der Waals surface area (Å²) in [6, 6.07) is 13.2. The molecule has 0 unspecified atom stereocenters. The van der Waals surface area contributed by atoms with Crippen molar-refractivity contribution in [1.29, 1.82) is 0 Å². The van der Waals surface area contributed by atoms with E-state index in [0.717, 1.165) is 22.3 Å². The predicted molar refractivity (Wildman–Crippen MR) is 86.5 cm³/mol. The molecule has 106 valence electrons. The molecule has 21 heavy (non-hydrogen) atoms. The zero-order chi connectivity index (χ0) is 15.0. The quantitative estimate of drug-likeness (QED) is 0.706. The Hall–Kier alpha value is -1.97. The second-order valence-electron chi connectivity index (χ2n) is 4.72. The van der Waals surface area contributed by atoms with Crippen LogP contribution in [0.4, 0.5) is 5.82 Å². The van der Waals surface area contributed by atoms with Gasteiger partial charge in [0.1, 0.15) is 0 Å². The maximum atomic E-state index is 6.07. The van der Waals surface area contributed by atoms with Crippen molar-refractivity contribution in [3.63, 3.8) is 0 Å². The zero-order valence-corrected chi connectivity index (χ0v) is 12.7. The molecule has 1 heterocycles. The highest BCUT2D eigenvalue weighted by Crippen LogP contribution is 2.39. The third-order valence-corrected chi connectivity index (χ3v) is 4.05. The van der Waals surface area contributed by atoms with Crippen LogP contribution in [0.15, 0.2) is 47.0 Å². The molecule has 0 bridgehead atoms. The SMILES string of the molecule is Cc1ccccc1-c1c(N)noc1-c1ccc(Cl)c(Cl)c1. The van der Waals surface area contributed by atoms with Crippen LogP contribution in [-0.2, 0) is 0 Å². The maximum absolute atomic E-state index is 6.07. The number of nitrogens with zero attached hydrogens (tertiary/aromatic N) is 1. The molecule has 0 radical (unpaired) electrons. The molecule has 2 aromatic carbocycles. The number of hydrogen-bond donors (Lipinski definition) is 1. The first-order valence-electron chi connectivity index (χ1n) is 6.34. The van der Waals surface area contributed by atoms with Gasteiger partial charge in [-0.3, -0.25) is 0 Å². The third kappa shape index (κ3) is 2.50. The average molecular weight is 319 g/mol. The van der Waals surface area contributed by atoms with Crippen LogP contribution in [0.25, 0.3) is 22.5 Å². The van der Waals surface area contributed by atoms with Crippen LogP contribution in [0, 0.1) is 6.92 Å². The van der Waals surface area contributed by atoms with E-state index in [1.807, 2.05) is 37.3 Å². The van der Waals surface area contributed by atoms with Gasteiger partial charge in [0.15, 0.2) is 11.6 Å². The molecule has 0 saturated heterocycles.